The summed E-state index contributed by atoms with van der Waals surface area (Å²) in [5, 5.41) is 21.7. The molecule has 51 heavy (non-hydrogen) atoms. The van der Waals surface area contributed by atoms with E-state index in [0.29, 0.717) is 12.8 Å². The van der Waals surface area contributed by atoms with Crippen LogP contribution in [0.3, 0.4) is 0 Å². The molecule has 0 aromatic carbocycles. The van der Waals surface area contributed by atoms with Gasteiger partial charge >= 0.3 is 19.8 Å². The second-order valence-corrected chi connectivity index (χ2v) is 15.3. The van der Waals surface area contributed by atoms with Gasteiger partial charge in [-0.05, 0) is 38.5 Å². The van der Waals surface area contributed by atoms with Gasteiger partial charge < -0.3 is 25.2 Å². The Bertz CT molecular complexity index is 932. The maximum Gasteiger partial charge on any atom is 0.472 e. The number of carbonyl (C=O) groups is 3. The summed E-state index contributed by atoms with van der Waals surface area (Å²) in [6, 6.07) is -1.55. The molecule has 0 aliphatic carbocycles. The number of aliphatic hydroxyl groups excluding tert-OH is 1. The van der Waals surface area contributed by atoms with Crippen LogP contribution in [0.25, 0.3) is 0 Å². The van der Waals surface area contributed by atoms with E-state index in [1.807, 2.05) is 0 Å². The second kappa shape index (κ2) is 35.3. The maximum absolute atomic E-state index is 12.3. The number of phosphoric acid groups is 1. The lowest BCUT2D eigenvalue weighted by Gasteiger charge is -2.18. The molecule has 1 amide bonds. The molecular formula is C39H74NO10P. The lowest BCUT2D eigenvalue weighted by molar-refractivity contribution is -0.147. The number of carboxylic acid groups (broad SMARTS) is 1. The van der Waals surface area contributed by atoms with Gasteiger partial charge in [0, 0.05) is 12.8 Å². The molecule has 3 atom stereocenters. The summed E-state index contributed by atoms with van der Waals surface area (Å²) < 4.78 is 26.7. The average Bonchev–Trinajstić information content (AvgIpc) is 3.10. The van der Waals surface area contributed by atoms with E-state index in [4.69, 9.17) is 13.8 Å². The lowest BCUT2D eigenvalue weighted by atomic mass is 10.0. The Morgan fingerprint density at radius 3 is 1.49 bits per heavy atom. The van der Waals surface area contributed by atoms with Crippen LogP contribution in [0.2, 0.25) is 0 Å². The molecule has 4 N–H and O–H groups in total. The van der Waals surface area contributed by atoms with Crippen LogP contribution in [0.15, 0.2) is 12.2 Å². The zero-order valence-electron chi connectivity index (χ0n) is 32.2. The fourth-order valence-electron chi connectivity index (χ4n) is 5.60. The minimum atomic E-state index is -4.75. The van der Waals surface area contributed by atoms with Gasteiger partial charge in [0.2, 0.25) is 5.91 Å². The van der Waals surface area contributed by atoms with Crippen LogP contribution < -0.4 is 5.32 Å². The predicted molar refractivity (Wildman–Crippen MR) is 203 cm³/mol. The van der Waals surface area contributed by atoms with Crippen molar-refractivity contribution in [2.45, 2.75) is 199 Å². The number of aliphatic carboxylic acids is 1. The molecule has 0 heterocycles. The Hall–Kier alpha value is -1.78. The number of hydrogen-bond donors (Lipinski definition) is 4. The van der Waals surface area contributed by atoms with E-state index < -0.39 is 57.6 Å². The lowest BCUT2D eigenvalue weighted by Crippen LogP contribution is -2.43. The van der Waals surface area contributed by atoms with Crippen molar-refractivity contribution < 1.29 is 47.8 Å². The van der Waals surface area contributed by atoms with E-state index in [2.05, 4.69) is 31.3 Å². The van der Waals surface area contributed by atoms with Gasteiger partial charge in [-0.1, -0.05) is 148 Å². The standard InChI is InChI=1S/C39H74NO10P/c1-3-5-7-9-11-13-15-17-19-20-22-24-26-28-30-37(42)40-36(39(44)45)34-50-51(46,47)49-33-35(41)32-48-38(43)31-29-27-25-23-21-18-16-14-12-10-8-6-4-2/h15,17,35-36,41H,3-14,16,18-34H2,1-2H3,(H,40,42)(H,44,45)(H,46,47)/b17-15-. The molecular weight excluding hydrogens is 673 g/mol. The normalized spacial score (nSPS) is 14.0. The summed E-state index contributed by atoms with van der Waals surface area (Å²) in [5.41, 5.74) is 0. The summed E-state index contributed by atoms with van der Waals surface area (Å²) in [4.78, 5) is 45.7. The Kier molecular flexibility index (Phi) is 34.0. The first-order valence-corrected chi connectivity index (χ1v) is 21.7. The number of carboxylic acids is 1. The first-order valence-electron chi connectivity index (χ1n) is 20.2. The third kappa shape index (κ3) is 35.0. The number of nitrogens with one attached hydrogen (secondary N) is 1. The van der Waals surface area contributed by atoms with Crippen LogP contribution in [0.1, 0.15) is 187 Å². The number of amides is 1. The van der Waals surface area contributed by atoms with Crippen molar-refractivity contribution >= 4 is 25.7 Å². The number of carbonyl (C=O) groups excluding carboxylic acids is 2. The second-order valence-electron chi connectivity index (χ2n) is 13.8. The molecule has 300 valence electrons. The molecule has 0 rings (SSSR count). The number of rotatable bonds is 38. The summed E-state index contributed by atoms with van der Waals surface area (Å²) in [6.07, 6.45) is 32.4. The molecule has 0 saturated heterocycles. The highest BCUT2D eigenvalue weighted by Crippen LogP contribution is 2.43. The fraction of sp³-hybridized carbons (Fsp3) is 0.872. The van der Waals surface area contributed by atoms with E-state index in [1.165, 1.54) is 89.9 Å². The Morgan fingerprint density at radius 2 is 1.02 bits per heavy atom. The van der Waals surface area contributed by atoms with Gasteiger partial charge in [0.05, 0.1) is 13.2 Å². The van der Waals surface area contributed by atoms with E-state index in [9.17, 15) is 34.1 Å². The molecule has 0 spiro atoms. The van der Waals surface area contributed by atoms with Crippen molar-refractivity contribution in [3.63, 3.8) is 0 Å². The van der Waals surface area contributed by atoms with E-state index in [-0.39, 0.29) is 12.8 Å². The zero-order valence-corrected chi connectivity index (χ0v) is 33.1. The molecule has 0 aromatic heterocycles. The third-order valence-electron chi connectivity index (χ3n) is 8.80. The molecule has 3 unspecified atom stereocenters. The number of ether oxygens (including phenoxy) is 1. The number of unbranched alkanes of at least 4 members (excludes halogenated alkanes) is 22. The molecule has 0 radical (unpaired) electrons. The summed E-state index contributed by atoms with van der Waals surface area (Å²) in [5.74, 6) is -2.38. The number of phosphoric ester groups is 1. The largest absolute Gasteiger partial charge is 0.480 e. The maximum atomic E-state index is 12.3. The first-order chi connectivity index (χ1) is 24.6. The van der Waals surface area contributed by atoms with Gasteiger partial charge in [-0.15, -0.1) is 0 Å². The van der Waals surface area contributed by atoms with Crippen LogP contribution in [0.5, 0.6) is 0 Å². The monoisotopic (exact) mass is 748 g/mol. The molecule has 0 saturated carbocycles. The SMILES string of the molecule is CCCCCCC/C=C\CCCCCCCC(=O)NC(COP(=O)(O)OCC(O)COC(=O)CCCCCCCCCCCCCCC)C(=O)O. The summed E-state index contributed by atoms with van der Waals surface area (Å²) in [6.45, 7) is 2.57. The van der Waals surface area contributed by atoms with Crippen molar-refractivity contribution in [1.82, 2.24) is 5.32 Å². The Labute approximate surface area is 309 Å². The highest BCUT2D eigenvalue weighted by Gasteiger charge is 2.28. The average molecular weight is 748 g/mol. The topological polar surface area (TPSA) is 169 Å². The summed E-state index contributed by atoms with van der Waals surface area (Å²) >= 11 is 0. The van der Waals surface area contributed by atoms with Crippen molar-refractivity contribution in [1.29, 1.82) is 0 Å². The summed E-state index contributed by atoms with van der Waals surface area (Å²) in [7, 11) is -4.75. The molecule has 0 bridgehead atoms. The van der Waals surface area contributed by atoms with Crippen LogP contribution in [0.4, 0.5) is 0 Å². The van der Waals surface area contributed by atoms with Crippen LogP contribution >= 0.6 is 7.82 Å². The molecule has 12 heteroatoms. The molecule has 0 aromatic rings. The van der Waals surface area contributed by atoms with E-state index >= 15 is 0 Å². The third-order valence-corrected chi connectivity index (χ3v) is 9.76. The van der Waals surface area contributed by atoms with Crippen molar-refractivity contribution in [2.75, 3.05) is 19.8 Å². The first kappa shape index (κ1) is 49.2. The van der Waals surface area contributed by atoms with Gasteiger partial charge in [-0.25, -0.2) is 9.36 Å². The molecule has 11 nitrogen and oxygen atoms in total. The number of esters is 1. The van der Waals surface area contributed by atoms with Gasteiger partial charge in [0.15, 0.2) is 6.04 Å². The van der Waals surface area contributed by atoms with Crippen LogP contribution in [-0.2, 0) is 32.7 Å². The van der Waals surface area contributed by atoms with Crippen LogP contribution in [-0.4, -0.2) is 64.9 Å². The van der Waals surface area contributed by atoms with E-state index in [0.717, 1.165) is 57.8 Å². The van der Waals surface area contributed by atoms with E-state index in [1.54, 1.807) is 0 Å². The minimum absolute atomic E-state index is 0.138. The number of aliphatic hydroxyl groups is 1. The highest BCUT2D eigenvalue weighted by molar-refractivity contribution is 7.47. The van der Waals surface area contributed by atoms with Gasteiger partial charge in [-0.3, -0.25) is 18.6 Å². The quantitative estimate of drug-likeness (QED) is 0.0206. The van der Waals surface area contributed by atoms with Crippen molar-refractivity contribution in [3.05, 3.63) is 12.2 Å². The van der Waals surface area contributed by atoms with Gasteiger partial charge in [-0.2, -0.15) is 0 Å². The van der Waals surface area contributed by atoms with Gasteiger partial charge in [0.1, 0.15) is 12.7 Å². The highest BCUT2D eigenvalue weighted by atomic mass is 31.2. The smallest absolute Gasteiger partial charge is 0.472 e. The molecule has 0 aliphatic rings. The molecule has 0 fully saturated rings. The fourth-order valence-corrected chi connectivity index (χ4v) is 6.38. The predicted octanol–water partition coefficient (Wildman–Crippen LogP) is 9.72. The number of allylic oxidation sites excluding steroid dienone is 2. The van der Waals surface area contributed by atoms with Crippen molar-refractivity contribution in [2.24, 2.45) is 0 Å². The number of hydrogen-bond acceptors (Lipinski definition) is 8. The Morgan fingerprint density at radius 1 is 0.608 bits per heavy atom. The molecule has 0 aliphatic heterocycles. The van der Waals surface area contributed by atoms with Crippen LogP contribution in [0, 0.1) is 0 Å². The Balaban J connectivity index is 3.94. The minimum Gasteiger partial charge on any atom is -0.480 e. The zero-order chi connectivity index (χ0) is 37.8. The van der Waals surface area contributed by atoms with Gasteiger partial charge in [0.25, 0.3) is 0 Å². The van der Waals surface area contributed by atoms with Crippen molar-refractivity contribution in [3.8, 4) is 0 Å².